The Kier molecular flexibility index (Phi) is 3.23. The van der Waals surface area contributed by atoms with E-state index in [0.717, 1.165) is 12.1 Å². The molecule has 0 spiro atoms. The summed E-state index contributed by atoms with van der Waals surface area (Å²) in [5.74, 6) is 5.08. The molecule has 8 heteroatoms. The van der Waals surface area contributed by atoms with Crippen molar-refractivity contribution in [3.8, 4) is 0 Å². The molecule has 0 aliphatic rings. The molecule has 4 N–H and O–H groups in total. The van der Waals surface area contributed by atoms with E-state index < -0.39 is 10.1 Å². The van der Waals surface area contributed by atoms with Crippen LogP contribution in [0.3, 0.4) is 0 Å². The van der Waals surface area contributed by atoms with Crippen LogP contribution in [0.1, 0.15) is 0 Å². The smallest absolute Gasteiger partial charge is 0.294 e. The van der Waals surface area contributed by atoms with Crippen LogP contribution in [0.2, 0.25) is 10.0 Å². The first-order valence-electron chi connectivity index (χ1n) is 3.29. The molecule has 5 nitrogen and oxygen atoms in total. The SMILES string of the molecule is NNc1c(Cl)cc(S(=O)(=O)O)cc1Cl. The quantitative estimate of drug-likeness (QED) is 0.424. The van der Waals surface area contributed by atoms with Gasteiger partial charge in [-0.15, -0.1) is 0 Å². The molecule has 0 fully saturated rings. The summed E-state index contributed by atoms with van der Waals surface area (Å²) in [5.41, 5.74) is 2.40. The van der Waals surface area contributed by atoms with Crippen molar-refractivity contribution >= 4 is 39.0 Å². The highest BCUT2D eigenvalue weighted by atomic mass is 35.5. The molecule has 0 saturated heterocycles. The first-order chi connectivity index (χ1) is 6.36. The van der Waals surface area contributed by atoms with Crippen LogP contribution >= 0.6 is 23.2 Å². The van der Waals surface area contributed by atoms with Gasteiger partial charge in [0.05, 0.1) is 20.6 Å². The molecule has 1 aromatic carbocycles. The van der Waals surface area contributed by atoms with Gasteiger partial charge in [0.1, 0.15) is 0 Å². The largest absolute Gasteiger partial charge is 0.321 e. The van der Waals surface area contributed by atoms with Gasteiger partial charge in [-0.05, 0) is 12.1 Å². The number of halogens is 2. The van der Waals surface area contributed by atoms with E-state index in [4.69, 9.17) is 33.6 Å². The third-order valence-corrected chi connectivity index (χ3v) is 2.89. The first-order valence-corrected chi connectivity index (χ1v) is 5.49. The van der Waals surface area contributed by atoms with E-state index in [9.17, 15) is 8.42 Å². The zero-order valence-corrected chi connectivity index (χ0v) is 8.99. The highest BCUT2D eigenvalue weighted by Gasteiger charge is 2.14. The number of rotatable bonds is 2. The van der Waals surface area contributed by atoms with Crippen LogP contribution in [-0.2, 0) is 10.1 Å². The highest BCUT2D eigenvalue weighted by molar-refractivity contribution is 7.85. The van der Waals surface area contributed by atoms with Gasteiger partial charge in [-0.2, -0.15) is 8.42 Å². The number of nitrogen functional groups attached to an aromatic ring is 1. The van der Waals surface area contributed by atoms with Crippen LogP contribution in [-0.4, -0.2) is 13.0 Å². The van der Waals surface area contributed by atoms with Crippen LogP contribution in [0.15, 0.2) is 17.0 Å². The molecule has 0 aliphatic carbocycles. The molecule has 0 unspecified atom stereocenters. The first kappa shape index (κ1) is 11.5. The van der Waals surface area contributed by atoms with E-state index in [1.807, 2.05) is 0 Å². The van der Waals surface area contributed by atoms with Crippen molar-refractivity contribution in [2.75, 3.05) is 5.43 Å². The summed E-state index contributed by atoms with van der Waals surface area (Å²) in [5, 5.41) is 0.0141. The number of anilines is 1. The summed E-state index contributed by atoms with van der Waals surface area (Å²) in [7, 11) is -4.31. The Balaban J connectivity index is 3.43. The lowest BCUT2D eigenvalue weighted by atomic mass is 10.3. The van der Waals surface area contributed by atoms with Crippen molar-refractivity contribution in [2.45, 2.75) is 4.90 Å². The van der Waals surface area contributed by atoms with Crippen molar-refractivity contribution in [3.63, 3.8) is 0 Å². The molecule has 1 aromatic rings. The van der Waals surface area contributed by atoms with Gasteiger partial charge >= 0.3 is 0 Å². The fourth-order valence-corrected chi connectivity index (χ4v) is 2.10. The van der Waals surface area contributed by atoms with E-state index >= 15 is 0 Å². The van der Waals surface area contributed by atoms with E-state index in [1.54, 1.807) is 0 Å². The second-order valence-electron chi connectivity index (χ2n) is 2.38. The monoisotopic (exact) mass is 256 g/mol. The Labute approximate surface area is 90.5 Å². The molecule has 0 amide bonds. The zero-order chi connectivity index (χ0) is 10.9. The van der Waals surface area contributed by atoms with E-state index in [-0.39, 0.29) is 20.6 Å². The normalized spacial score (nSPS) is 11.4. The van der Waals surface area contributed by atoms with Gasteiger partial charge in [0, 0.05) is 0 Å². The molecule has 0 heterocycles. The van der Waals surface area contributed by atoms with Crippen LogP contribution in [0.5, 0.6) is 0 Å². The Bertz CT molecular complexity index is 437. The highest BCUT2D eigenvalue weighted by Crippen LogP contribution is 2.32. The Hall–Kier alpha value is -0.530. The number of hydrazine groups is 1. The van der Waals surface area contributed by atoms with Gasteiger partial charge in [0.25, 0.3) is 10.1 Å². The van der Waals surface area contributed by atoms with Gasteiger partial charge in [-0.3, -0.25) is 10.4 Å². The molecule has 0 bridgehead atoms. The van der Waals surface area contributed by atoms with E-state index in [1.165, 1.54) is 0 Å². The van der Waals surface area contributed by atoms with Crippen molar-refractivity contribution < 1.29 is 13.0 Å². The Morgan fingerprint density at radius 2 is 1.71 bits per heavy atom. The summed E-state index contributed by atoms with van der Waals surface area (Å²) in [6.07, 6.45) is 0. The lowest BCUT2D eigenvalue weighted by molar-refractivity contribution is 0.483. The lowest BCUT2D eigenvalue weighted by Crippen LogP contribution is -2.08. The maximum Gasteiger partial charge on any atom is 0.294 e. The molecular formula is C6H6Cl2N2O3S. The summed E-state index contributed by atoms with van der Waals surface area (Å²) >= 11 is 11.3. The standard InChI is InChI=1S/C6H6Cl2N2O3S/c7-4-1-3(14(11,12)13)2-5(8)6(4)10-9/h1-2,10H,9H2,(H,11,12,13). The maximum atomic E-state index is 10.7. The second kappa shape index (κ2) is 3.92. The van der Waals surface area contributed by atoms with Crippen LogP contribution in [0.4, 0.5) is 5.69 Å². The number of benzene rings is 1. The molecule has 1 rings (SSSR count). The summed E-state index contributed by atoms with van der Waals surface area (Å²) in [4.78, 5) is -0.383. The van der Waals surface area contributed by atoms with Gasteiger partial charge in [0.15, 0.2) is 0 Å². The average Bonchev–Trinajstić information content (AvgIpc) is 2.01. The Morgan fingerprint density at radius 3 is 2.00 bits per heavy atom. The molecule has 0 aromatic heterocycles. The molecule has 0 saturated carbocycles. The van der Waals surface area contributed by atoms with Crippen molar-refractivity contribution in [1.82, 2.24) is 0 Å². The number of nitrogens with two attached hydrogens (primary N) is 1. The van der Waals surface area contributed by atoms with Gasteiger partial charge in [-0.25, -0.2) is 0 Å². The molecular weight excluding hydrogens is 251 g/mol. The molecule has 14 heavy (non-hydrogen) atoms. The van der Waals surface area contributed by atoms with E-state index in [2.05, 4.69) is 5.43 Å². The van der Waals surface area contributed by atoms with Crippen LogP contribution in [0.25, 0.3) is 0 Å². The predicted molar refractivity (Wildman–Crippen MR) is 54.1 cm³/mol. The number of nitrogens with one attached hydrogen (secondary N) is 1. The second-order valence-corrected chi connectivity index (χ2v) is 4.62. The Morgan fingerprint density at radius 1 is 1.29 bits per heavy atom. The topological polar surface area (TPSA) is 92.4 Å². The van der Waals surface area contributed by atoms with Gasteiger partial charge in [-0.1, -0.05) is 23.2 Å². The molecule has 0 aliphatic heterocycles. The van der Waals surface area contributed by atoms with E-state index in [0.29, 0.717) is 0 Å². The molecule has 0 radical (unpaired) electrons. The maximum absolute atomic E-state index is 10.7. The summed E-state index contributed by atoms with van der Waals surface area (Å²) in [6.45, 7) is 0. The summed E-state index contributed by atoms with van der Waals surface area (Å²) < 4.78 is 30.2. The van der Waals surface area contributed by atoms with Crippen molar-refractivity contribution in [2.24, 2.45) is 5.84 Å². The minimum Gasteiger partial charge on any atom is -0.321 e. The van der Waals surface area contributed by atoms with Crippen molar-refractivity contribution in [3.05, 3.63) is 22.2 Å². The third-order valence-electron chi connectivity index (χ3n) is 1.46. The lowest BCUT2D eigenvalue weighted by Gasteiger charge is -2.07. The number of hydrogen-bond donors (Lipinski definition) is 3. The van der Waals surface area contributed by atoms with Crippen LogP contribution < -0.4 is 11.3 Å². The fourth-order valence-electron chi connectivity index (χ4n) is 0.837. The predicted octanol–water partition coefficient (Wildman–Crippen LogP) is 1.53. The van der Waals surface area contributed by atoms with Gasteiger partial charge < -0.3 is 5.43 Å². The summed E-state index contributed by atoms with van der Waals surface area (Å²) in [6, 6.07) is 2.08. The number of hydrogen-bond acceptors (Lipinski definition) is 4. The third kappa shape index (κ3) is 2.28. The fraction of sp³-hybridized carbons (Fsp3) is 0. The molecule has 78 valence electrons. The molecule has 0 atom stereocenters. The minimum absolute atomic E-state index is 0.00706. The van der Waals surface area contributed by atoms with Crippen molar-refractivity contribution in [1.29, 1.82) is 0 Å². The zero-order valence-electron chi connectivity index (χ0n) is 6.66. The minimum atomic E-state index is -4.31. The van der Waals surface area contributed by atoms with Gasteiger partial charge in [0.2, 0.25) is 0 Å². The average molecular weight is 257 g/mol. The van der Waals surface area contributed by atoms with Crippen LogP contribution in [0, 0.1) is 0 Å².